The zero-order valence-electron chi connectivity index (χ0n) is 13.9. The highest BCUT2D eigenvalue weighted by Gasteiger charge is 2.25. The molecule has 0 bridgehead atoms. The van der Waals surface area contributed by atoms with Crippen molar-refractivity contribution in [3.05, 3.63) is 68.3 Å². The predicted octanol–water partition coefficient (Wildman–Crippen LogP) is 3.03. The van der Waals surface area contributed by atoms with Gasteiger partial charge in [0.25, 0.3) is 0 Å². The van der Waals surface area contributed by atoms with Gasteiger partial charge in [0.1, 0.15) is 0 Å². The summed E-state index contributed by atoms with van der Waals surface area (Å²) in [6, 6.07) is 2.03. The number of aryl methyl sites for hydroxylation is 2. The highest BCUT2D eigenvalue weighted by molar-refractivity contribution is 5.83. The van der Waals surface area contributed by atoms with Crippen molar-refractivity contribution in [1.82, 2.24) is 9.13 Å². The van der Waals surface area contributed by atoms with E-state index in [0.29, 0.717) is 19.0 Å². The van der Waals surface area contributed by atoms with Crippen LogP contribution >= 0.6 is 0 Å². The Bertz CT molecular complexity index is 945. The monoisotopic (exact) mass is 310 g/mol. The molecule has 23 heavy (non-hydrogen) atoms. The number of hydrogen-bond acceptors (Lipinski definition) is 2. The molecule has 1 aromatic heterocycles. The molecule has 0 spiro atoms. The molecule has 120 valence electrons. The Hall–Kier alpha value is -2.36. The average Bonchev–Trinajstić information content (AvgIpc) is 2.53. The van der Waals surface area contributed by atoms with Crippen LogP contribution in [0.4, 0.5) is 0 Å². The third-order valence-electron chi connectivity index (χ3n) is 4.92. The quantitative estimate of drug-likeness (QED) is 0.646. The number of hydrogen-bond donors (Lipinski definition) is 0. The van der Waals surface area contributed by atoms with E-state index in [0.717, 1.165) is 23.0 Å². The Balaban J connectivity index is 2.48. The summed E-state index contributed by atoms with van der Waals surface area (Å²) < 4.78 is 3.26. The van der Waals surface area contributed by atoms with Crippen molar-refractivity contribution >= 4 is 11.0 Å². The maximum absolute atomic E-state index is 12.5. The van der Waals surface area contributed by atoms with Gasteiger partial charge in [0, 0.05) is 13.1 Å². The molecule has 2 aromatic rings. The minimum atomic E-state index is -0.449. The third-order valence-corrected chi connectivity index (χ3v) is 4.92. The second-order valence-corrected chi connectivity index (χ2v) is 6.33. The topological polar surface area (TPSA) is 44.0 Å². The first-order valence-electron chi connectivity index (χ1n) is 8.02. The molecular weight excluding hydrogens is 288 g/mol. The number of rotatable bonds is 3. The molecule has 0 N–H and O–H groups in total. The molecule has 0 radical (unpaired) electrons. The van der Waals surface area contributed by atoms with E-state index in [1.165, 1.54) is 11.1 Å². The van der Waals surface area contributed by atoms with E-state index in [9.17, 15) is 9.59 Å². The van der Waals surface area contributed by atoms with E-state index in [1.807, 2.05) is 12.1 Å². The van der Waals surface area contributed by atoms with Gasteiger partial charge in [0.2, 0.25) is 0 Å². The SMILES string of the molecule is C=C/C=C/Cn1c(=O)c(=O)n2c3c(c(C)c(C)cc31)C(C)CC2. The van der Waals surface area contributed by atoms with Gasteiger partial charge < -0.3 is 4.57 Å². The first kappa shape index (κ1) is 15.5. The Morgan fingerprint density at radius 3 is 2.74 bits per heavy atom. The number of benzene rings is 1. The van der Waals surface area contributed by atoms with Gasteiger partial charge in [-0.2, -0.15) is 0 Å². The summed E-state index contributed by atoms with van der Waals surface area (Å²) in [5, 5.41) is 0. The fourth-order valence-electron chi connectivity index (χ4n) is 3.57. The van der Waals surface area contributed by atoms with Crippen molar-refractivity contribution < 1.29 is 0 Å². The van der Waals surface area contributed by atoms with Gasteiger partial charge in [-0.05, 0) is 48.9 Å². The molecular formula is C19H22N2O2. The third kappa shape index (κ3) is 2.29. The minimum absolute atomic E-state index is 0.383. The zero-order chi connectivity index (χ0) is 16.7. The molecule has 4 heteroatoms. The van der Waals surface area contributed by atoms with Crippen LogP contribution in [0.1, 0.15) is 36.0 Å². The van der Waals surface area contributed by atoms with Crippen LogP contribution in [0.25, 0.3) is 11.0 Å². The molecule has 1 aliphatic rings. The molecule has 0 saturated carbocycles. The van der Waals surface area contributed by atoms with Crippen LogP contribution in [-0.4, -0.2) is 9.13 Å². The van der Waals surface area contributed by atoms with Gasteiger partial charge >= 0.3 is 11.1 Å². The van der Waals surface area contributed by atoms with E-state index in [1.54, 1.807) is 21.3 Å². The molecule has 1 unspecified atom stereocenters. The molecule has 0 fully saturated rings. The zero-order valence-corrected chi connectivity index (χ0v) is 13.9. The van der Waals surface area contributed by atoms with Crippen LogP contribution in [0.5, 0.6) is 0 Å². The van der Waals surface area contributed by atoms with E-state index in [2.05, 4.69) is 27.4 Å². The lowest BCUT2D eigenvalue weighted by Crippen LogP contribution is -2.43. The summed E-state index contributed by atoms with van der Waals surface area (Å²) in [5.41, 5.74) is 4.52. The molecule has 2 heterocycles. The molecule has 0 aliphatic carbocycles. The van der Waals surface area contributed by atoms with Crippen LogP contribution in [0.3, 0.4) is 0 Å². The maximum atomic E-state index is 12.5. The molecule has 4 nitrogen and oxygen atoms in total. The molecule has 1 aromatic carbocycles. The predicted molar refractivity (Wildman–Crippen MR) is 94.3 cm³/mol. The molecule has 1 aliphatic heterocycles. The van der Waals surface area contributed by atoms with Crippen LogP contribution < -0.4 is 11.1 Å². The lowest BCUT2D eigenvalue weighted by Gasteiger charge is -2.28. The van der Waals surface area contributed by atoms with Crippen LogP contribution in [0, 0.1) is 13.8 Å². The first-order valence-corrected chi connectivity index (χ1v) is 8.02. The summed E-state index contributed by atoms with van der Waals surface area (Å²) in [6.45, 7) is 11.0. The Morgan fingerprint density at radius 1 is 1.30 bits per heavy atom. The van der Waals surface area contributed by atoms with Gasteiger partial charge in [-0.25, -0.2) is 0 Å². The smallest absolute Gasteiger partial charge is 0.302 e. The van der Waals surface area contributed by atoms with Gasteiger partial charge in [0.15, 0.2) is 0 Å². The second-order valence-electron chi connectivity index (χ2n) is 6.33. The molecule has 3 rings (SSSR count). The lowest BCUT2D eigenvalue weighted by atomic mass is 9.87. The van der Waals surface area contributed by atoms with Crippen molar-refractivity contribution in [1.29, 1.82) is 0 Å². The fourth-order valence-corrected chi connectivity index (χ4v) is 3.57. The van der Waals surface area contributed by atoms with Gasteiger partial charge in [-0.3, -0.25) is 14.2 Å². The number of allylic oxidation sites excluding steroid dienone is 3. The average molecular weight is 310 g/mol. The Labute approximate surface area is 135 Å². The van der Waals surface area contributed by atoms with Crippen LogP contribution in [0.2, 0.25) is 0 Å². The summed E-state index contributed by atoms with van der Waals surface area (Å²) in [5.74, 6) is 0.395. The van der Waals surface area contributed by atoms with Crippen LogP contribution in [-0.2, 0) is 13.1 Å². The van der Waals surface area contributed by atoms with Crippen molar-refractivity contribution in [3.63, 3.8) is 0 Å². The van der Waals surface area contributed by atoms with Gasteiger partial charge in [-0.15, -0.1) is 0 Å². The lowest BCUT2D eigenvalue weighted by molar-refractivity contribution is 0.537. The molecule has 1 atom stereocenters. The molecule has 0 amide bonds. The highest BCUT2D eigenvalue weighted by atomic mass is 16.2. The van der Waals surface area contributed by atoms with E-state index < -0.39 is 11.1 Å². The van der Waals surface area contributed by atoms with E-state index in [4.69, 9.17) is 0 Å². The summed E-state index contributed by atoms with van der Waals surface area (Å²) >= 11 is 0. The van der Waals surface area contributed by atoms with Crippen molar-refractivity contribution in [3.8, 4) is 0 Å². The normalized spacial score (nSPS) is 17.1. The van der Waals surface area contributed by atoms with E-state index in [-0.39, 0.29) is 0 Å². The Morgan fingerprint density at radius 2 is 2.04 bits per heavy atom. The number of nitrogens with zero attached hydrogens (tertiary/aromatic N) is 2. The number of aromatic nitrogens is 2. The largest absolute Gasteiger partial charge is 0.317 e. The fraction of sp³-hybridized carbons (Fsp3) is 0.368. The maximum Gasteiger partial charge on any atom is 0.317 e. The highest BCUT2D eigenvalue weighted by Crippen LogP contribution is 2.35. The van der Waals surface area contributed by atoms with Crippen molar-refractivity contribution in [2.24, 2.45) is 0 Å². The molecule has 0 saturated heterocycles. The van der Waals surface area contributed by atoms with Gasteiger partial charge in [-0.1, -0.05) is 31.7 Å². The second kappa shape index (κ2) is 5.69. The summed E-state index contributed by atoms with van der Waals surface area (Å²) in [6.07, 6.45) is 6.20. The first-order chi connectivity index (χ1) is 11.0. The van der Waals surface area contributed by atoms with Crippen molar-refractivity contribution in [2.45, 2.75) is 46.2 Å². The minimum Gasteiger partial charge on any atom is -0.302 e. The standard InChI is InChI=1S/C19H22N2O2/c1-5-6-7-9-20-15-11-13(3)14(4)16-12(2)8-10-21(17(15)16)19(23)18(20)22/h5-7,11-12H,1,8-10H2,2-4H3/b7-6+. The van der Waals surface area contributed by atoms with Crippen molar-refractivity contribution in [2.75, 3.05) is 0 Å². The van der Waals surface area contributed by atoms with E-state index >= 15 is 0 Å². The summed E-state index contributed by atoms with van der Waals surface area (Å²) in [4.78, 5) is 25.1. The summed E-state index contributed by atoms with van der Waals surface area (Å²) in [7, 11) is 0. The van der Waals surface area contributed by atoms with Gasteiger partial charge in [0.05, 0.1) is 11.0 Å². The van der Waals surface area contributed by atoms with Crippen LogP contribution in [0.15, 0.2) is 40.5 Å². The Kier molecular flexibility index (Phi) is 3.84.